The zero-order chi connectivity index (χ0) is 22.5. The Morgan fingerprint density at radius 2 is 1.48 bits per heavy atom. The summed E-state index contributed by atoms with van der Waals surface area (Å²) in [4.78, 5) is 37.2. The van der Waals surface area contributed by atoms with Crippen LogP contribution in [0.5, 0.6) is 0 Å². The van der Waals surface area contributed by atoms with Crippen molar-refractivity contribution in [2.24, 2.45) is 0 Å². The lowest BCUT2D eigenvalue weighted by Crippen LogP contribution is -2.24. The van der Waals surface area contributed by atoms with E-state index in [0.29, 0.717) is 16.3 Å². The Bertz CT molecular complexity index is 1130. The molecular formula is C24H19Cl2NO4. The fraction of sp³-hybridized carbons (Fsp3) is 0.125. The number of hydrogen-bond acceptors (Lipinski definition) is 4. The third-order valence-corrected chi connectivity index (χ3v) is 5.09. The highest BCUT2D eigenvalue weighted by Crippen LogP contribution is 2.22. The number of amides is 1. The van der Waals surface area contributed by atoms with E-state index in [-0.39, 0.29) is 21.9 Å². The molecule has 0 aliphatic heterocycles. The van der Waals surface area contributed by atoms with Crippen molar-refractivity contribution in [3.05, 3.63) is 99.0 Å². The van der Waals surface area contributed by atoms with Crippen LogP contribution >= 0.6 is 23.2 Å². The molecule has 1 amide bonds. The molecule has 5 nitrogen and oxygen atoms in total. The van der Waals surface area contributed by atoms with Crippen molar-refractivity contribution in [2.45, 2.75) is 20.0 Å². The minimum atomic E-state index is -0.929. The zero-order valence-corrected chi connectivity index (χ0v) is 18.3. The Morgan fingerprint density at radius 1 is 0.871 bits per heavy atom. The van der Waals surface area contributed by atoms with Gasteiger partial charge in [0.2, 0.25) is 5.78 Å². The van der Waals surface area contributed by atoms with E-state index in [1.54, 1.807) is 30.3 Å². The molecule has 0 saturated carbocycles. The van der Waals surface area contributed by atoms with Crippen LogP contribution in [0.4, 0.5) is 5.69 Å². The van der Waals surface area contributed by atoms with E-state index < -0.39 is 18.0 Å². The Morgan fingerprint density at radius 3 is 2.10 bits per heavy atom. The Labute approximate surface area is 189 Å². The number of benzene rings is 3. The molecule has 3 aromatic rings. The van der Waals surface area contributed by atoms with Gasteiger partial charge in [0.1, 0.15) is 0 Å². The number of carbonyl (C=O) groups is 3. The molecule has 0 heterocycles. The molecule has 1 atom stereocenters. The van der Waals surface area contributed by atoms with E-state index in [9.17, 15) is 14.4 Å². The maximum atomic E-state index is 12.4. The van der Waals surface area contributed by atoms with Gasteiger partial charge in [-0.2, -0.15) is 0 Å². The number of anilines is 1. The van der Waals surface area contributed by atoms with Gasteiger partial charge in [-0.25, -0.2) is 4.79 Å². The molecule has 0 aromatic heterocycles. The van der Waals surface area contributed by atoms with E-state index in [4.69, 9.17) is 27.9 Å². The molecule has 0 fully saturated rings. The van der Waals surface area contributed by atoms with E-state index >= 15 is 0 Å². The summed E-state index contributed by atoms with van der Waals surface area (Å²) in [5.41, 5.74) is 2.51. The minimum absolute atomic E-state index is 0.234. The predicted molar refractivity (Wildman–Crippen MR) is 121 cm³/mol. The van der Waals surface area contributed by atoms with Gasteiger partial charge >= 0.3 is 5.97 Å². The van der Waals surface area contributed by atoms with Gasteiger partial charge in [-0.05, 0) is 56.3 Å². The number of Topliss-reactive ketones (excluding diaryl/α,β-unsaturated/α-hetero) is 1. The van der Waals surface area contributed by atoms with Crippen LogP contribution in [0.15, 0.2) is 66.7 Å². The van der Waals surface area contributed by atoms with E-state index in [0.717, 1.165) is 5.56 Å². The molecule has 0 spiro atoms. The van der Waals surface area contributed by atoms with Crippen LogP contribution in [0.25, 0.3) is 0 Å². The molecule has 0 aliphatic carbocycles. The molecule has 7 heteroatoms. The number of ketones is 1. The molecule has 0 unspecified atom stereocenters. The van der Waals surface area contributed by atoms with E-state index in [1.165, 1.54) is 31.2 Å². The summed E-state index contributed by atoms with van der Waals surface area (Å²) in [6.45, 7) is 3.46. The van der Waals surface area contributed by atoms with Gasteiger partial charge in [-0.3, -0.25) is 9.59 Å². The Hall–Kier alpha value is -3.15. The van der Waals surface area contributed by atoms with Gasteiger partial charge in [0, 0.05) is 16.3 Å². The van der Waals surface area contributed by atoms with Crippen molar-refractivity contribution in [2.75, 3.05) is 5.32 Å². The lowest BCUT2D eigenvalue weighted by atomic mass is 10.1. The van der Waals surface area contributed by atoms with Crippen LogP contribution < -0.4 is 5.32 Å². The lowest BCUT2D eigenvalue weighted by molar-refractivity contribution is 0.0319. The van der Waals surface area contributed by atoms with Crippen LogP contribution in [-0.2, 0) is 4.74 Å². The molecule has 31 heavy (non-hydrogen) atoms. The summed E-state index contributed by atoms with van der Waals surface area (Å²) >= 11 is 11.9. The van der Waals surface area contributed by atoms with Crippen LogP contribution in [-0.4, -0.2) is 23.8 Å². The van der Waals surface area contributed by atoms with Gasteiger partial charge in [0.25, 0.3) is 5.91 Å². The standard InChI is InChI=1S/C24H19Cl2NO4/c1-14-3-5-16(6-4-14)22(28)15(2)31-24(30)17-7-10-19(11-8-17)27-23(29)20-12-9-18(25)13-21(20)26/h3-13,15H,1-2H3,(H,27,29)/t15-/m1/s1. The van der Waals surface area contributed by atoms with Crippen molar-refractivity contribution in [3.8, 4) is 0 Å². The first-order valence-corrected chi connectivity index (χ1v) is 10.2. The molecule has 0 aliphatic rings. The highest BCUT2D eigenvalue weighted by atomic mass is 35.5. The first kappa shape index (κ1) is 22.5. The van der Waals surface area contributed by atoms with Gasteiger partial charge in [0.15, 0.2) is 6.10 Å². The largest absolute Gasteiger partial charge is 0.451 e. The fourth-order valence-corrected chi connectivity index (χ4v) is 3.29. The average Bonchev–Trinajstić information content (AvgIpc) is 2.74. The maximum Gasteiger partial charge on any atom is 0.338 e. The second-order valence-electron chi connectivity index (χ2n) is 6.93. The highest BCUT2D eigenvalue weighted by Gasteiger charge is 2.20. The molecule has 0 saturated heterocycles. The summed E-state index contributed by atoms with van der Waals surface area (Å²) in [6.07, 6.45) is -0.929. The van der Waals surface area contributed by atoms with Gasteiger partial charge in [-0.15, -0.1) is 0 Å². The smallest absolute Gasteiger partial charge is 0.338 e. The lowest BCUT2D eigenvalue weighted by Gasteiger charge is -2.13. The summed E-state index contributed by atoms with van der Waals surface area (Å²) in [6, 6.07) is 17.8. The van der Waals surface area contributed by atoms with Crippen molar-refractivity contribution < 1.29 is 19.1 Å². The summed E-state index contributed by atoms with van der Waals surface area (Å²) < 4.78 is 5.29. The van der Waals surface area contributed by atoms with Crippen molar-refractivity contribution in [1.82, 2.24) is 0 Å². The first-order valence-electron chi connectivity index (χ1n) is 9.43. The van der Waals surface area contributed by atoms with Crippen LogP contribution in [0.2, 0.25) is 10.0 Å². The number of ether oxygens (including phenoxy) is 1. The fourth-order valence-electron chi connectivity index (χ4n) is 2.80. The second kappa shape index (κ2) is 9.77. The molecule has 158 valence electrons. The molecule has 3 aromatic carbocycles. The molecule has 0 radical (unpaired) electrons. The zero-order valence-electron chi connectivity index (χ0n) is 16.8. The molecule has 0 bridgehead atoms. The number of rotatable bonds is 6. The van der Waals surface area contributed by atoms with Crippen LogP contribution in [0, 0.1) is 6.92 Å². The van der Waals surface area contributed by atoms with Crippen molar-refractivity contribution in [3.63, 3.8) is 0 Å². The summed E-state index contributed by atoms with van der Waals surface area (Å²) in [7, 11) is 0. The maximum absolute atomic E-state index is 12.4. The topological polar surface area (TPSA) is 72.5 Å². The van der Waals surface area contributed by atoms with Gasteiger partial charge in [-0.1, -0.05) is 53.0 Å². The average molecular weight is 456 g/mol. The summed E-state index contributed by atoms with van der Waals surface area (Å²) in [5.74, 6) is -1.32. The van der Waals surface area contributed by atoms with Crippen molar-refractivity contribution >= 4 is 46.5 Å². The quantitative estimate of drug-likeness (QED) is 0.366. The van der Waals surface area contributed by atoms with Crippen molar-refractivity contribution in [1.29, 1.82) is 0 Å². The Kier molecular flexibility index (Phi) is 7.10. The van der Waals surface area contributed by atoms with E-state index in [2.05, 4.69) is 5.32 Å². The van der Waals surface area contributed by atoms with Gasteiger partial charge < -0.3 is 10.1 Å². The predicted octanol–water partition coefficient (Wildman–Crippen LogP) is 5.98. The van der Waals surface area contributed by atoms with Crippen LogP contribution in [0.3, 0.4) is 0 Å². The number of hydrogen-bond donors (Lipinski definition) is 1. The molecule has 1 N–H and O–H groups in total. The monoisotopic (exact) mass is 455 g/mol. The number of carbonyl (C=O) groups excluding carboxylic acids is 3. The highest BCUT2D eigenvalue weighted by molar-refractivity contribution is 6.37. The normalized spacial score (nSPS) is 11.5. The number of aryl methyl sites for hydroxylation is 1. The number of halogens is 2. The van der Waals surface area contributed by atoms with E-state index in [1.807, 2.05) is 19.1 Å². The molecular weight excluding hydrogens is 437 g/mol. The third-order valence-electron chi connectivity index (χ3n) is 4.54. The SMILES string of the molecule is Cc1ccc(C(=O)[C@@H](C)OC(=O)c2ccc(NC(=O)c3ccc(Cl)cc3Cl)cc2)cc1. The molecule has 3 rings (SSSR count). The number of esters is 1. The third kappa shape index (κ3) is 5.72. The minimum Gasteiger partial charge on any atom is -0.451 e. The first-order chi connectivity index (χ1) is 14.7. The Balaban J connectivity index is 1.62. The van der Waals surface area contributed by atoms with Crippen LogP contribution in [0.1, 0.15) is 43.6 Å². The van der Waals surface area contributed by atoms with Gasteiger partial charge in [0.05, 0.1) is 16.1 Å². The summed E-state index contributed by atoms with van der Waals surface area (Å²) in [5, 5.41) is 3.36. The number of nitrogens with one attached hydrogen (secondary N) is 1. The second-order valence-corrected chi connectivity index (χ2v) is 7.78.